The summed E-state index contributed by atoms with van der Waals surface area (Å²) in [6, 6.07) is 2.14. The second kappa shape index (κ2) is 6.74. The number of hydrogen-bond acceptors (Lipinski definition) is 3. The number of hydrogen-bond donors (Lipinski definition) is 1. The van der Waals surface area contributed by atoms with Crippen LogP contribution in [-0.2, 0) is 6.54 Å². The highest BCUT2D eigenvalue weighted by Crippen LogP contribution is 2.28. The molecule has 3 heteroatoms. The summed E-state index contributed by atoms with van der Waals surface area (Å²) in [5.74, 6) is 0.877. The third-order valence-corrected chi connectivity index (χ3v) is 3.78. The Hall–Kier alpha value is -1.09. The van der Waals surface area contributed by atoms with Gasteiger partial charge >= 0.3 is 0 Å². The van der Waals surface area contributed by atoms with Gasteiger partial charge in [0.05, 0.1) is 11.9 Å². The first-order valence-corrected chi connectivity index (χ1v) is 7.23. The first-order chi connectivity index (χ1) is 8.85. The Bertz CT molecular complexity index is 365. The number of nitrogens with one attached hydrogen (secondary N) is 1. The summed E-state index contributed by atoms with van der Waals surface area (Å²) in [6.07, 6.45) is 7.93. The number of aromatic nitrogens is 1. The average molecular weight is 247 g/mol. The van der Waals surface area contributed by atoms with Crippen LogP contribution in [0.25, 0.3) is 0 Å². The van der Waals surface area contributed by atoms with Gasteiger partial charge in [0.25, 0.3) is 0 Å². The minimum Gasteiger partial charge on any atom is -0.370 e. The van der Waals surface area contributed by atoms with E-state index in [-0.39, 0.29) is 0 Å². The zero-order chi connectivity index (χ0) is 12.8. The molecule has 1 aliphatic rings. The standard InChI is InChI=1S/C15H25N3/c1-3-5-13-7-9-18(12-13)15-11-17-8-6-14(15)10-16-4-2/h6,8,11,13,16H,3-5,7,9-10,12H2,1-2H3. The third-order valence-electron chi connectivity index (χ3n) is 3.78. The molecule has 0 amide bonds. The fourth-order valence-corrected chi connectivity index (χ4v) is 2.80. The van der Waals surface area contributed by atoms with Crippen molar-refractivity contribution in [3.05, 3.63) is 24.0 Å². The highest BCUT2D eigenvalue weighted by molar-refractivity contribution is 5.52. The predicted molar refractivity (Wildman–Crippen MR) is 76.8 cm³/mol. The molecule has 1 aromatic rings. The molecule has 1 unspecified atom stereocenters. The van der Waals surface area contributed by atoms with E-state index in [0.717, 1.165) is 19.0 Å². The van der Waals surface area contributed by atoms with Crippen molar-refractivity contribution in [3.63, 3.8) is 0 Å². The zero-order valence-corrected chi connectivity index (χ0v) is 11.7. The van der Waals surface area contributed by atoms with E-state index >= 15 is 0 Å². The van der Waals surface area contributed by atoms with Gasteiger partial charge in [0.2, 0.25) is 0 Å². The minimum absolute atomic E-state index is 0.877. The van der Waals surface area contributed by atoms with E-state index in [0.29, 0.717) is 0 Å². The van der Waals surface area contributed by atoms with Gasteiger partial charge in [-0.2, -0.15) is 0 Å². The fourth-order valence-electron chi connectivity index (χ4n) is 2.80. The Labute approximate surface area is 111 Å². The van der Waals surface area contributed by atoms with E-state index in [4.69, 9.17) is 0 Å². The third kappa shape index (κ3) is 3.22. The lowest BCUT2D eigenvalue weighted by molar-refractivity contribution is 0.529. The van der Waals surface area contributed by atoms with E-state index in [1.165, 1.54) is 43.6 Å². The summed E-state index contributed by atoms with van der Waals surface area (Å²) in [4.78, 5) is 6.81. The van der Waals surface area contributed by atoms with Crippen LogP contribution in [-0.4, -0.2) is 24.6 Å². The van der Waals surface area contributed by atoms with E-state index in [1.807, 2.05) is 12.4 Å². The quantitative estimate of drug-likeness (QED) is 0.838. The molecule has 18 heavy (non-hydrogen) atoms. The van der Waals surface area contributed by atoms with Gasteiger partial charge in [0.15, 0.2) is 0 Å². The van der Waals surface area contributed by atoms with Crippen molar-refractivity contribution >= 4 is 5.69 Å². The Kier molecular flexibility index (Phi) is 5.00. The largest absolute Gasteiger partial charge is 0.370 e. The van der Waals surface area contributed by atoms with Gasteiger partial charge in [-0.1, -0.05) is 20.3 Å². The van der Waals surface area contributed by atoms with Crippen LogP contribution >= 0.6 is 0 Å². The van der Waals surface area contributed by atoms with Crippen molar-refractivity contribution in [1.29, 1.82) is 0 Å². The van der Waals surface area contributed by atoms with Crippen LogP contribution in [0.3, 0.4) is 0 Å². The Morgan fingerprint density at radius 1 is 1.44 bits per heavy atom. The lowest BCUT2D eigenvalue weighted by Crippen LogP contribution is -2.23. The molecule has 2 heterocycles. The molecule has 1 saturated heterocycles. The molecule has 1 N–H and O–H groups in total. The summed E-state index contributed by atoms with van der Waals surface area (Å²) in [5, 5.41) is 3.41. The molecule has 0 aliphatic carbocycles. The average Bonchev–Trinajstić information content (AvgIpc) is 2.86. The van der Waals surface area contributed by atoms with Crippen LogP contribution in [0, 0.1) is 5.92 Å². The Morgan fingerprint density at radius 2 is 2.33 bits per heavy atom. The number of rotatable bonds is 6. The summed E-state index contributed by atoms with van der Waals surface area (Å²) in [5.41, 5.74) is 2.71. The van der Waals surface area contributed by atoms with Crippen molar-refractivity contribution in [2.24, 2.45) is 5.92 Å². The van der Waals surface area contributed by atoms with Gasteiger partial charge in [-0.25, -0.2) is 0 Å². The minimum atomic E-state index is 0.877. The van der Waals surface area contributed by atoms with Crippen LogP contribution in [0.1, 0.15) is 38.7 Å². The molecule has 3 nitrogen and oxygen atoms in total. The molecule has 100 valence electrons. The molecule has 0 radical (unpaired) electrons. The first-order valence-electron chi connectivity index (χ1n) is 7.23. The second-order valence-electron chi connectivity index (χ2n) is 5.17. The zero-order valence-electron chi connectivity index (χ0n) is 11.7. The first kappa shape index (κ1) is 13.3. The molecule has 0 bridgehead atoms. The SMILES string of the molecule is CCCC1CCN(c2cnccc2CNCC)C1. The molecular weight excluding hydrogens is 222 g/mol. The number of nitrogens with zero attached hydrogens (tertiary/aromatic N) is 2. The Balaban J connectivity index is 2.04. The van der Waals surface area contributed by atoms with Crippen LogP contribution in [0.4, 0.5) is 5.69 Å². The topological polar surface area (TPSA) is 28.2 Å². The Morgan fingerprint density at radius 3 is 3.11 bits per heavy atom. The van der Waals surface area contributed by atoms with E-state index < -0.39 is 0 Å². The van der Waals surface area contributed by atoms with Crippen LogP contribution in [0.5, 0.6) is 0 Å². The van der Waals surface area contributed by atoms with Crippen LogP contribution in [0.15, 0.2) is 18.5 Å². The van der Waals surface area contributed by atoms with Crippen molar-refractivity contribution in [3.8, 4) is 0 Å². The summed E-state index contributed by atoms with van der Waals surface area (Å²) < 4.78 is 0. The molecule has 1 aliphatic heterocycles. The smallest absolute Gasteiger partial charge is 0.0598 e. The molecule has 1 fully saturated rings. The van der Waals surface area contributed by atoms with Gasteiger partial charge < -0.3 is 10.2 Å². The molecule has 1 atom stereocenters. The second-order valence-corrected chi connectivity index (χ2v) is 5.17. The van der Waals surface area contributed by atoms with E-state index in [9.17, 15) is 0 Å². The number of pyridine rings is 1. The maximum atomic E-state index is 4.30. The van der Waals surface area contributed by atoms with Gasteiger partial charge in [0, 0.05) is 25.8 Å². The van der Waals surface area contributed by atoms with Crippen molar-refractivity contribution in [2.45, 2.75) is 39.7 Å². The normalized spacial score (nSPS) is 19.4. The number of anilines is 1. The summed E-state index contributed by atoms with van der Waals surface area (Å²) >= 11 is 0. The van der Waals surface area contributed by atoms with E-state index in [1.54, 1.807) is 0 Å². The predicted octanol–water partition coefficient (Wildman–Crippen LogP) is 2.82. The van der Waals surface area contributed by atoms with Crippen molar-refractivity contribution in [2.75, 3.05) is 24.5 Å². The molecule has 0 spiro atoms. The summed E-state index contributed by atoms with van der Waals surface area (Å²) in [6.45, 7) is 8.79. The summed E-state index contributed by atoms with van der Waals surface area (Å²) in [7, 11) is 0. The lowest BCUT2D eigenvalue weighted by atomic mass is 10.0. The molecule has 1 aromatic heterocycles. The van der Waals surface area contributed by atoms with Crippen molar-refractivity contribution < 1.29 is 0 Å². The maximum absolute atomic E-state index is 4.30. The van der Waals surface area contributed by atoms with Gasteiger partial charge in [-0.15, -0.1) is 0 Å². The molecule has 0 saturated carbocycles. The highest BCUT2D eigenvalue weighted by atomic mass is 15.2. The van der Waals surface area contributed by atoms with Gasteiger partial charge in [0.1, 0.15) is 0 Å². The molecule has 0 aromatic carbocycles. The van der Waals surface area contributed by atoms with Gasteiger partial charge in [-0.05, 0) is 36.9 Å². The van der Waals surface area contributed by atoms with Crippen LogP contribution < -0.4 is 10.2 Å². The molecule has 2 rings (SSSR count). The monoisotopic (exact) mass is 247 g/mol. The van der Waals surface area contributed by atoms with Crippen molar-refractivity contribution in [1.82, 2.24) is 10.3 Å². The molecular formula is C15H25N3. The maximum Gasteiger partial charge on any atom is 0.0598 e. The highest BCUT2D eigenvalue weighted by Gasteiger charge is 2.23. The fraction of sp³-hybridized carbons (Fsp3) is 0.667. The van der Waals surface area contributed by atoms with Crippen LogP contribution in [0.2, 0.25) is 0 Å². The van der Waals surface area contributed by atoms with E-state index in [2.05, 4.69) is 35.1 Å². The van der Waals surface area contributed by atoms with Gasteiger partial charge in [-0.3, -0.25) is 4.98 Å². The lowest BCUT2D eigenvalue weighted by Gasteiger charge is -2.21.